The van der Waals surface area contributed by atoms with E-state index in [9.17, 15) is 0 Å². The first-order valence-corrected chi connectivity index (χ1v) is 5.55. The number of hydrogen-bond donors (Lipinski definition) is 1. The monoisotopic (exact) mass is 219 g/mol. The molecule has 0 aliphatic carbocycles. The van der Waals surface area contributed by atoms with Gasteiger partial charge in [-0.2, -0.15) is 0 Å². The first-order chi connectivity index (χ1) is 3.85. The molecule has 1 nitrogen and oxygen atoms in total. The van der Waals surface area contributed by atoms with Crippen molar-refractivity contribution in [3.05, 3.63) is 0 Å². The van der Waals surface area contributed by atoms with Crippen LogP contribution in [0.2, 0.25) is 0 Å². The molecule has 7 unspecified atom stereocenters. The molecular weight excluding hydrogens is 205 g/mol. The fourth-order valence-electron chi connectivity index (χ4n) is 0.333. The first kappa shape index (κ1) is 11.1. The molecule has 0 saturated heterocycles. The largest absolute Gasteiger partial charge is 0.324 e. The molecule has 9 heavy (non-hydrogen) atoms. The summed E-state index contributed by atoms with van der Waals surface area (Å²) in [5, 5.41) is 0. The van der Waals surface area contributed by atoms with Crippen molar-refractivity contribution in [2.24, 2.45) is 5.73 Å². The van der Waals surface area contributed by atoms with Crippen molar-refractivity contribution >= 4 is 46.2 Å². The Morgan fingerprint density at radius 2 is 1.44 bits per heavy atom. The van der Waals surface area contributed by atoms with E-state index < -0.39 is 0 Å². The quantitative estimate of drug-likeness (QED) is 0.678. The maximum atomic E-state index is 5.62. The van der Waals surface area contributed by atoms with Gasteiger partial charge in [-0.1, -0.05) is 0 Å². The van der Waals surface area contributed by atoms with Gasteiger partial charge in [0.15, 0.2) is 0 Å². The number of rotatable bonds is 2. The van der Waals surface area contributed by atoms with Gasteiger partial charge in [0.2, 0.25) is 0 Å². The third kappa shape index (κ3) is 4.53. The van der Waals surface area contributed by atoms with Crippen LogP contribution >= 0.6 is 46.2 Å². The Labute approximate surface area is 68.5 Å². The molecule has 0 heterocycles. The molecule has 56 valence electrons. The number of nitrogens with two attached hydrogens (primary N) is 1. The highest BCUT2D eigenvalue weighted by Crippen LogP contribution is 2.43. The standard InChI is InChI=1S/C3H14NP5/c4-2(6)1(5)3(7,8)9/h1-2H,4-9H2. The van der Waals surface area contributed by atoms with E-state index in [1.165, 1.54) is 0 Å². The lowest BCUT2D eigenvalue weighted by Gasteiger charge is -2.28. The molecule has 0 aliphatic rings. The Morgan fingerprint density at radius 1 is 1.11 bits per heavy atom. The summed E-state index contributed by atoms with van der Waals surface area (Å²) in [5.41, 5.74) is 5.99. The van der Waals surface area contributed by atoms with Crippen LogP contribution < -0.4 is 5.73 Å². The van der Waals surface area contributed by atoms with Gasteiger partial charge in [-0.25, -0.2) is 0 Å². The van der Waals surface area contributed by atoms with Crippen LogP contribution in [0.3, 0.4) is 0 Å². The van der Waals surface area contributed by atoms with E-state index in [-0.39, 0.29) is 10.4 Å². The second-order valence-electron chi connectivity index (χ2n) is 2.10. The van der Waals surface area contributed by atoms with E-state index in [1.807, 2.05) is 0 Å². The second-order valence-corrected chi connectivity index (χ2v) is 8.59. The van der Waals surface area contributed by atoms with E-state index >= 15 is 0 Å². The van der Waals surface area contributed by atoms with E-state index in [1.54, 1.807) is 0 Å². The van der Waals surface area contributed by atoms with E-state index in [0.717, 1.165) is 0 Å². The van der Waals surface area contributed by atoms with Gasteiger partial charge in [0.05, 0.1) is 0 Å². The molecule has 0 rings (SSSR count). The van der Waals surface area contributed by atoms with Gasteiger partial charge in [-0.3, -0.25) is 0 Å². The fourth-order valence-corrected chi connectivity index (χ4v) is 2.00. The van der Waals surface area contributed by atoms with Crippen molar-refractivity contribution < 1.29 is 0 Å². The van der Waals surface area contributed by atoms with Crippen LogP contribution in [0.5, 0.6) is 0 Å². The summed E-state index contributed by atoms with van der Waals surface area (Å²) >= 11 is 0. The molecule has 0 aromatic carbocycles. The Bertz CT molecular complexity index is 86.7. The molecule has 0 fully saturated rings. The van der Waals surface area contributed by atoms with Crippen LogP contribution in [0.25, 0.3) is 0 Å². The molecule has 0 aliphatic heterocycles. The fraction of sp³-hybridized carbons (Fsp3) is 1.00. The summed E-state index contributed by atoms with van der Waals surface area (Å²) in [5.74, 6) is 0.127. The Hall–Kier alpha value is 2.11. The third-order valence-corrected chi connectivity index (χ3v) is 5.18. The maximum Gasteiger partial charge on any atom is 0.0263 e. The van der Waals surface area contributed by atoms with Crippen LogP contribution in [0.4, 0.5) is 0 Å². The van der Waals surface area contributed by atoms with E-state index in [0.29, 0.717) is 5.66 Å². The lowest BCUT2D eigenvalue weighted by molar-refractivity contribution is 0.852. The van der Waals surface area contributed by atoms with Gasteiger partial charge in [-0.15, -0.1) is 46.2 Å². The SMILES string of the molecule is NC(P)C(P)C(P)(P)P. The Kier molecular flexibility index (Phi) is 5.20. The van der Waals surface area contributed by atoms with Gasteiger partial charge in [0, 0.05) is 16.1 Å². The van der Waals surface area contributed by atoms with Gasteiger partial charge in [0.25, 0.3) is 0 Å². The Balaban J connectivity index is 3.88. The lowest BCUT2D eigenvalue weighted by atomic mass is 10.4. The average Bonchev–Trinajstić information content (AvgIpc) is 1.62. The van der Waals surface area contributed by atoms with E-state index in [2.05, 4.69) is 46.2 Å². The minimum absolute atomic E-state index is 0.0475. The van der Waals surface area contributed by atoms with Crippen LogP contribution in [0, 0.1) is 0 Å². The molecule has 0 saturated carbocycles. The van der Waals surface area contributed by atoms with Crippen LogP contribution in [-0.2, 0) is 0 Å². The zero-order valence-electron chi connectivity index (χ0n) is 5.12. The lowest BCUT2D eigenvalue weighted by Crippen LogP contribution is -2.32. The first-order valence-electron chi connectivity index (χ1n) is 2.49. The summed E-state index contributed by atoms with van der Waals surface area (Å²) in [6.45, 7) is 0. The van der Waals surface area contributed by atoms with Crippen molar-refractivity contribution in [1.29, 1.82) is 0 Å². The van der Waals surface area contributed by atoms with Gasteiger partial charge < -0.3 is 5.73 Å². The van der Waals surface area contributed by atoms with E-state index in [4.69, 9.17) is 5.73 Å². The molecule has 6 heteroatoms. The molecule has 0 aromatic rings. The summed E-state index contributed by atoms with van der Waals surface area (Å²) in [6.07, 6.45) is 0. The second kappa shape index (κ2) is 4.21. The van der Waals surface area contributed by atoms with Crippen LogP contribution in [0.15, 0.2) is 0 Å². The topological polar surface area (TPSA) is 26.0 Å². The van der Waals surface area contributed by atoms with Crippen LogP contribution in [-0.4, -0.2) is 16.1 Å². The van der Waals surface area contributed by atoms with Crippen molar-refractivity contribution in [3.63, 3.8) is 0 Å². The molecule has 0 radical (unpaired) electrons. The van der Waals surface area contributed by atoms with Crippen molar-refractivity contribution in [1.82, 2.24) is 0 Å². The zero-order chi connectivity index (χ0) is 7.65. The summed E-state index contributed by atoms with van der Waals surface area (Å²) < 4.78 is 0.0475. The highest BCUT2D eigenvalue weighted by atomic mass is 31.1. The smallest absolute Gasteiger partial charge is 0.0263 e. The molecule has 7 atom stereocenters. The molecule has 0 amide bonds. The van der Waals surface area contributed by atoms with Gasteiger partial charge in [-0.05, 0) is 0 Å². The Morgan fingerprint density at radius 3 is 1.44 bits per heavy atom. The summed E-state index contributed by atoms with van der Waals surface area (Å²) in [7, 11) is 13.4. The summed E-state index contributed by atoms with van der Waals surface area (Å²) in [6, 6.07) is 0. The zero-order valence-corrected chi connectivity index (χ0v) is 10.9. The normalized spacial score (nSPS) is 19.3. The van der Waals surface area contributed by atoms with Crippen molar-refractivity contribution in [2.45, 2.75) is 16.1 Å². The maximum absolute atomic E-state index is 5.62. The molecule has 0 spiro atoms. The predicted octanol–water partition coefficient (Wildman–Crippen LogP) is 0.669. The highest BCUT2D eigenvalue weighted by Gasteiger charge is 2.23. The van der Waals surface area contributed by atoms with Gasteiger partial charge >= 0.3 is 0 Å². The number of hydrogen-bond acceptors (Lipinski definition) is 1. The highest BCUT2D eigenvalue weighted by molar-refractivity contribution is 7.59. The molecule has 0 aromatic heterocycles. The van der Waals surface area contributed by atoms with Gasteiger partial charge in [0.1, 0.15) is 0 Å². The average molecular weight is 219 g/mol. The van der Waals surface area contributed by atoms with Crippen molar-refractivity contribution in [3.8, 4) is 0 Å². The predicted molar refractivity (Wildman–Crippen MR) is 63.0 cm³/mol. The van der Waals surface area contributed by atoms with Crippen molar-refractivity contribution in [2.75, 3.05) is 0 Å². The molecule has 0 bridgehead atoms. The minimum Gasteiger partial charge on any atom is -0.324 e. The molecular formula is C3H14NP5. The third-order valence-electron chi connectivity index (χ3n) is 0.992. The summed E-state index contributed by atoms with van der Waals surface area (Å²) in [4.78, 5) is 0. The minimum atomic E-state index is 0.0475. The molecule has 2 N–H and O–H groups in total. The van der Waals surface area contributed by atoms with Crippen LogP contribution in [0.1, 0.15) is 0 Å².